The van der Waals surface area contributed by atoms with Crippen molar-refractivity contribution in [2.75, 3.05) is 31.1 Å². The van der Waals surface area contributed by atoms with E-state index < -0.39 is 6.10 Å². The second-order valence-corrected chi connectivity index (χ2v) is 9.51. The number of amides is 1. The molecule has 2 aliphatic heterocycles. The Balaban J connectivity index is 1.38. The zero-order valence-corrected chi connectivity index (χ0v) is 18.8. The van der Waals surface area contributed by atoms with Crippen LogP contribution in [0.1, 0.15) is 24.1 Å². The predicted octanol–water partition coefficient (Wildman–Crippen LogP) is 4.95. The highest BCUT2D eigenvalue weighted by molar-refractivity contribution is 7.17. The number of thiophene rings is 1. The van der Waals surface area contributed by atoms with Crippen LogP contribution in [-0.4, -0.2) is 48.1 Å². The lowest BCUT2D eigenvalue weighted by atomic mass is 9.93. The molecule has 30 heavy (non-hydrogen) atoms. The standard InChI is InChI=1S/C22H21Cl2N3O2S/c1-13-21-14(8-15(23)9-17(21)24)2-4-27(13)22(28)19-12-26(5-6-29-19)18-10-25-11-20-16(18)3-7-30-20/h3,7-11,13,19H,2,4-6,12H2,1H3/t13-,19+/m0/s1. The average Bonchev–Trinajstić information content (AvgIpc) is 3.22. The molecule has 5 nitrogen and oxygen atoms in total. The van der Waals surface area contributed by atoms with Gasteiger partial charge in [0.2, 0.25) is 0 Å². The fourth-order valence-electron chi connectivity index (χ4n) is 4.54. The molecule has 1 aromatic carbocycles. The Kier molecular flexibility index (Phi) is 5.35. The van der Waals surface area contributed by atoms with Crippen molar-refractivity contribution >= 4 is 56.2 Å². The first-order valence-electron chi connectivity index (χ1n) is 9.99. The van der Waals surface area contributed by atoms with Crippen molar-refractivity contribution in [2.24, 2.45) is 0 Å². The molecular weight excluding hydrogens is 441 g/mol. The van der Waals surface area contributed by atoms with Crippen molar-refractivity contribution in [2.45, 2.75) is 25.5 Å². The summed E-state index contributed by atoms with van der Waals surface area (Å²) in [6.45, 7) is 4.41. The van der Waals surface area contributed by atoms with Crippen LogP contribution in [0.25, 0.3) is 10.1 Å². The van der Waals surface area contributed by atoms with Crippen LogP contribution in [0.3, 0.4) is 0 Å². The number of aromatic nitrogens is 1. The molecule has 0 radical (unpaired) electrons. The van der Waals surface area contributed by atoms with Gasteiger partial charge in [-0.25, -0.2) is 0 Å². The van der Waals surface area contributed by atoms with E-state index in [2.05, 4.69) is 21.3 Å². The number of halogens is 2. The third-order valence-corrected chi connectivity index (χ3v) is 7.40. The van der Waals surface area contributed by atoms with Crippen LogP contribution in [0.4, 0.5) is 5.69 Å². The number of ether oxygens (including phenoxy) is 1. The van der Waals surface area contributed by atoms with Gasteiger partial charge in [-0.05, 0) is 48.1 Å². The van der Waals surface area contributed by atoms with Crippen molar-refractivity contribution < 1.29 is 9.53 Å². The Morgan fingerprint density at radius 3 is 3.00 bits per heavy atom. The fraction of sp³-hybridized carbons (Fsp3) is 0.364. The fourth-order valence-corrected chi connectivity index (χ4v) is 6.00. The van der Waals surface area contributed by atoms with E-state index in [0.29, 0.717) is 29.7 Å². The smallest absolute Gasteiger partial charge is 0.254 e. The first-order chi connectivity index (χ1) is 14.5. The molecule has 8 heteroatoms. The SMILES string of the molecule is C[C@H]1c2c(Cl)cc(Cl)cc2CCN1C(=O)[C@H]1CN(c2cncc3sccc23)CCO1. The van der Waals surface area contributed by atoms with Gasteiger partial charge in [0, 0.05) is 34.7 Å². The second-order valence-electron chi connectivity index (χ2n) is 7.71. The molecule has 0 unspecified atom stereocenters. The lowest BCUT2D eigenvalue weighted by molar-refractivity contribution is -0.147. The predicted molar refractivity (Wildman–Crippen MR) is 122 cm³/mol. The maximum absolute atomic E-state index is 13.4. The van der Waals surface area contributed by atoms with Gasteiger partial charge in [0.25, 0.3) is 5.91 Å². The first kappa shape index (κ1) is 20.1. The second kappa shape index (κ2) is 8.00. The van der Waals surface area contributed by atoms with E-state index in [9.17, 15) is 4.79 Å². The summed E-state index contributed by atoms with van der Waals surface area (Å²) in [6, 6.07) is 5.70. The molecule has 2 atom stereocenters. The minimum absolute atomic E-state index is 0.00863. The largest absolute Gasteiger partial charge is 0.365 e. The zero-order valence-electron chi connectivity index (χ0n) is 16.5. The number of anilines is 1. The average molecular weight is 462 g/mol. The molecule has 3 aromatic rings. The molecule has 0 aliphatic carbocycles. The highest BCUT2D eigenvalue weighted by Crippen LogP contribution is 2.38. The van der Waals surface area contributed by atoms with Crippen LogP contribution in [0, 0.1) is 0 Å². The van der Waals surface area contributed by atoms with E-state index in [1.54, 1.807) is 17.4 Å². The Labute approximate surface area is 189 Å². The minimum Gasteiger partial charge on any atom is -0.365 e. The number of hydrogen-bond donors (Lipinski definition) is 0. The summed E-state index contributed by atoms with van der Waals surface area (Å²) in [7, 11) is 0. The van der Waals surface area contributed by atoms with Gasteiger partial charge >= 0.3 is 0 Å². The molecule has 2 aromatic heterocycles. The number of carbonyl (C=O) groups is 1. The number of carbonyl (C=O) groups excluding carboxylic acids is 1. The quantitative estimate of drug-likeness (QED) is 0.541. The summed E-state index contributed by atoms with van der Waals surface area (Å²) in [5, 5.41) is 4.49. The molecule has 2 aliphatic rings. The van der Waals surface area contributed by atoms with Gasteiger partial charge in [0.05, 0.1) is 35.8 Å². The number of fused-ring (bicyclic) bond motifs is 2. The topological polar surface area (TPSA) is 45.7 Å². The molecule has 0 saturated carbocycles. The molecule has 0 spiro atoms. The van der Waals surface area contributed by atoms with Crippen molar-refractivity contribution in [3.05, 3.63) is 57.1 Å². The van der Waals surface area contributed by atoms with E-state index in [1.807, 2.05) is 30.3 Å². The molecule has 0 N–H and O–H groups in total. The van der Waals surface area contributed by atoms with E-state index in [-0.39, 0.29) is 11.9 Å². The third kappa shape index (κ3) is 3.46. The van der Waals surface area contributed by atoms with Crippen molar-refractivity contribution in [3.63, 3.8) is 0 Å². The van der Waals surface area contributed by atoms with Gasteiger partial charge in [-0.1, -0.05) is 23.2 Å². The van der Waals surface area contributed by atoms with Crippen LogP contribution in [0.5, 0.6) is 0 Å². The monoisotopic (exact) mass is 461 g/mol. The Bertz CT molecular complexity index is 1120. The lowest BCUT2D eigenvalue weighted by Crippen LogP contribution is -2.53. The maximum atomic E-state index is 13.4. The minimum atomic E-state index is -0.511. The maximum Gasteiger partial charge on any atom is 0.254 e. The number of rotatable bonds is 2. The van der Waals surface area contributed by atoms with Crippen LogP contribution in [0.2, 0.25) is 10.0 Å². The van der Waals surface area contributed by atoms with E-state index >= 15 is 0 Å². The number of pyridine rings is 1. The number of benzene rings is 1. The molecule has 1 amide bonds. The molecule has 5 rings (SSSR count). The van der Waals surface area contributed by atoms with Gasteiger partial charge in [-0.15, -0.1) is 11.3 Å². The van der Waals surface area contributed by atoms with Crippen molar-refractivity contribution in [1.82, 2.24) is 9.88 Å². The lowest BCUT2D eigenvalue weighted by Gasteiger charge is -2.40. The van der Waals surface area contributed by atoms with Gasteiger partial charge < -0.3 is 14.5 Å². The van der Waals surface area contributed by atoms with E-state index in [0.717, 1.165) is 34.5 Å². The summed E-state index contributed by atoms with van der Waals surface area (Å²) in [6.07, 6.45) is 3.99. The van der Waals surface area contributed by atoms with Gasteiger partial charge in [-0.3, -0.25) is 9.78 Å². The van der Waals surface area contributed by atoms with Crippen molar-refractivity contribution in [1.29, 1.82) is 0 Å². The van der Waals surface area contributed by atoms with Gasteiger partial charge in [0.15, 0.2) is 6.10 Å². The number of nitrogens with zero attached hydrogens (tertiary/aromatic N) is 3. The molecule has 156 valence electrons. The highest BCUT2D eigenvalue weighted by atomic mass is 35.5. The highest BCUT2D eigenvalue weighted by Gasteiger charge is 2.36. The van der Waals surface area contributed by atoms with E-state index in [1.165, 1.54) is 5.39 Å². The third-order valence-electron chi connectivity index (χ3n) is 6.01. The Morgan fingerprint density at radius 1 is 1.27 bits per heavy atom. The van der Waals surface area contributed by atoms with Gasteiger partial charge in [-0.2, -0.15) is 0 Å². The molecule has 1 saturated heterocycles. The van der Waals surface area contributed by atoms with Crippen LogP contribution in [0.15, 0.2) is 36.0 Å². The molecule has 1 fully saturated rings. The molecular formula is C22H21Cl2N3O2S. The van der Waals surface area contributed by atoms with Gasteiger partial charge in [0.1, 0.15) is 0 Å². The first-order valence-corrected chi connectivity index (χ1v) is 11.6. The molecule has 0 bridgehead atoms. The number of morpholine rings is 1. The summed E-state index contributed by atoms with van der Waals surface area (Å²) >= 11 is 14.3. The summed E-state index contributed by atoms with van der Waals surface area (Å²) < 4.78 is 7.07. The van der Waals surface area contributed by atoms with Crippen LogP contribution >= 0.6 is 34.5 Å². The zero-order chi connectivity index (χ0) is 20.8. The summed E-state index contributed by atoms with van der Waals surface area (Å²) in [4.78, 5) is 21.9. The Hall–Kier alpha value is -1.86. The normalized spacial score (nSPS) is 21.7. The van der Waals surface area contributed by atoms with Crippen molar-refractivity contribution in [3.8, 4) is 0 Å². The van der Waals surface area contributed by atoms with Crippen LogP contribution < -0.4 is 4.90 Å². The summed E-state index contributed by atoms with van der Waals surface area (Å²) in [5.74, 6) is 0.00863. The summed E-state index contributed by atoms with van der Waals surface area (Å²) in [5.41, 5.74) is 3.16. The Morgan fingerprint density at radius 2 is 2.13 bits per heavy atom. The molecule has 4 heterocycles. The number of hydrogen-bond acceptors (Lipinski definition) is 5. The van der Waals surface area contributed by atoms with E-state index in [4.69, 9.17) is 27.9 Å². The van der Waals surface area contributed by atoms with Crippen LogP contribution in [-0.2, 0) is 16.0 Å².